The number of carbonyl (C=O) groups is 3. The molecule has 0 spiro atoms. The second-order valence-corrected chi connectivity index (χ2v) is 16.3. The Morgan fingerprint density at radius 1 is 0.328 bits per heavy atom. The van der Waals surface area contributed by atoms with E-state index in [9.17, 15) is 14.4 Å². The quantitative estimate of drug-likeness (QED) is 0.0262. The third-order valence-corrected chi connectivity index (χ3v) is 10.2. The number of allylic oxidation sites excluding steroid dienone is 20. The molecule has 1 atom stereocenters. The van der Waals surface area contributed by atoms with Crippen LogP contribution in [-0.4, -0.2) is 37.2 Å². The summed E-state index contributed by atoms with van der Waals surface area (Å²) in [6, 6.07) is 0. The van der Waals surface area contributed by atoms with Crippen LogP contribution < -0.4 is 0 Å². The Hall–Kier alpha value is -4.19. The van der Waals surface area contributed by atoms with Gasteiger partial charge in [0.15, 0.2) is 6.10 Å². The van der Waals surface area contributed by atoms with Gasteiger partial charge in [-0.3, -0.25) is 14.4 Å². The third kappa shape index (κ3) is 48.8. The van der Waals surface area contributed by atoms with Gasteiger partial charge in [-0.15, -0.1) is 0 Å². The van der Waals surface area contributed by atoms with Crippen LogP contribution in [-0.2, 0) is 28.6 Å². The first-order valence-electron chi connectivity index (χ1n) is 25.5. The van der Waals surface area contributed by atoms with Gasteiger partial charge in [-0.1, -0.05) is 187 Å². The molecule has 0 aliphatic rings. The molecular weight excluding hydrogens is 793 g/mol. The minimum atomic E-state index is -0.829. The minimum absolute atomic E-state index is 0.120. The highest BCUT2D eigenvalue weighted by atomic mass is 16.6. The molecule has 6 nitrogen and oxygen atoms in total. The zero-order chi connectivity index (χ0) is 46.5. The topological polar surface area (TPSA) is 78.9 Å². The van der Waals surface area contributed by atoms with E-state index in [1.807, 2.05) is 0 Å². The second-order valence-electron chi connectivity index (χ2n) is 16.3. The zero-order valence-electron chi connectivity index (χ0n) is 41.0. The van der Waals surface area contributed by atoms with Crippen LogP contribution in [0.2, 0.25) is 0 Å². The first-order valence-corrected chi connectivity index (χ1v) is 25.5. The molecule has 0 bridgehead atoms. The van der Waals surface area contributed by atoms with E-state index in [-0.39, 0.29) is 44.0 Å². The lowest BCUT2D eigenvalue weighted by molar-refractivity contribution is -0.167. The molecule has 0 aromatic rings. The Morgan fingerprint density at radius 2 is 0.625 bits per heavy atom. The molecule has 0 rings (SSSR count). The van der Waals surface area contributed by atoms with Crippen LogP contribution in [0.4, 0.5) is 0 Å². The van der Waals surface area contributed by atoms with Crippen molar-refractivity contribution in [2.75, 3.05) is 13.2 Å². The fraction of sp³-hybridized carbons (Fsp3) is 0.603. The molecular formula is C58H92O6. The van der Waals surface area contributed by atoms with E-state index >= 15 is 0 Å². The molecule has 0 aliphatic carbocycles. The van der Waals surface area contributed by atoms with E-state index in [1.54, 1.807) is 0 Å². The maximum atomic E-state index is 12.8. The van der Waals surface area contributed by atoms with Crippen molar-refractivity contribution < 1.29 is 28.6 Å². The van der Waals surface area contributed by atoms with Crippen LogP contribution in [0.1, 0.15) is 207 Å². The van der Waals surface area contributed by atoms with Crippen LogP contribution in [0.5, 0.6) is 0 Å². The summed E-state index contributed by atoms with van der Waals surface area (Å²) in [6.07, 6.45) is 70.4. The highest BCUT2D eigenvalue weighted by molar-refractivity contribution is 5.71. The SMILES string of the molecule is CC/C=C\C/C=C\C/C=C\C/C=C\C/C=C\CCCC(=O)OCC(COC(=O)CCCCCCC/C=C\CCCCCCC)OC(=O)CCCC/C=C\C/C=C\C/C=C\C/C=C\CC. The summed E-state index contributed by atoms with van der Waals surface area (Å²) in [5.74, 6) is -1.04. The van der Waals surface area contributed by atoms with Gasteiger partial charge in [-0.2, -0.15) is 0 Å². The number of ether oxygens (including phenoxy) is 3. The van der Waals surface area contributed by atoms with Crippen LogP contribution in [0.3, 0.4) is 0 Å². The van der Waals surface area contributed by atoms with Crippen LogP contribution in [0, 0.1) is 0 Å². The van der Waals surface area contributed by atoms with Gasteiger partial charge in [-0.25, -0.2) is 0 Å². The molecule has 0 radical (unpaired) electrons. The van der Waals surface area contributed by atoms with E-state index in [0.717, 1.165) is 109 Å². The number of rotatable bonds is 44. The van der Waals surface area contributed by atoms with Gasteiger partial charge in [0.1, 0.15) is 13.2 Å². The van der Waals surface area contributed by atoms with Crippen molar-refractivity contribution in [1.82, 2.24) is 0 Å². The van der Waals surface area contributed by atoms with E-state index in [0.29, 0.717) is 19.3 Å². The molecule has 0 aromatic heterocycles. The molecule has 64 heavy (non-hydrogen) atoms. The van der Waals surface area contributed by atoms with Gasteiger partial charge in [-0.05, 0) is 122 Å². The molecule has 360 valence electrons. The largest absolute Gasteiger partial charge is 0.462 e. The van der Waals surface area contributed by atoms with Crippen molar-refractivity contribution >= 4 is 17.9 Å². The predicted octanol–water partition coefficient (Wildman–Crippen LogP) is 16.9. The van der Waals surface area contributed by atoms with Crippen molar-refractivity contribution in [3.05, 3.63) is 122 Å². The monoisotopic (exact) mass is 885 g/mol. The van der Waals surface area contributed by atoms with Gasteiger partial charge in [0.2, 0.25) is 0 Å². The molecule has 0 amide bonds. The van der Waals surface area contributed by atoms with Crippen LogP contribution >= 0.6 is 0 Å². The fourth-order valence-electron chi connectivity index (χ4n) is 6.40. The Labute approximate surface area is 392 Å². The molecule has 0 aliphatic heterocycles. The van der Waals surface area contributed by atoms with Crippen molar-refractivity contribution in [2.45, 2.75) is 213 Å². The summed E-state index contributed by atoms with van der Waals surface area (Å²) in [7, 11) is 0. The summed E-state index contributed by atoms with van der Waals surface area (Å²) < 4.78 is 16.7. The van der Waals surface area contributed by atoms with Crippen molar-refractivity contribution in [3.8, 4) is 0 Å². The molecule has 0 fully saturated rings. The van der Waals surface area contributed by atoms with Crippen LogP contribution in [0.25, 0.3) is 0 Å². The summed E-state index contributed by atoms with van der Waals surface area (Å²) in [5, 5.41) is 0. The highest BCUT2D eigenvalue weighted by Crippen LogP contribution is 2.12. The number of esters is 3. The lowest BCUT2D eigenvalue weighted by atomic mass is 10.1. The Morgan fingerprint density at radius 3 is 1.06 bits per heavy atom. The van der Waals surface area contributed by atoms with E-state index in [1.165, 1.54) is 44.9 Å². The maximum absolute atomic E-state index is 12.8. The molecule has 0 saturated carbocycles. The number of hydrogen-bond donors (Lipinski definition) is 0. The Balaban J connectivity index is 4.58. The lowest BCUT2D eigenvalue weighted by Crippen LogP contribution is -2.30. The lowest BCUT2D eigenvalue weighted by Gasteiger charge is -2.18. The van der Waals surface area contributed by atoms with Crippen molar-refractivity contribution in [2.24, 2.45) is 0 Å². The molecule has 0 N–H and O–H groups in total. The van der Waals surface area contributed by atoms with Crippen molar-refractivity contribution in [3.63, 3.8) is 0 Å². The van der Waals surface area contributed by atoms with Gasteiger partial charge < -0.3 is 14.2 Å². The highest BCUT2D eigenvalue weighted by Gasteiger charge is 2.19. The Kier molecular flexibility index (Phi) is 48.1. The maximum Gasteiger partial charge on any atom is 0.306 e. The number of unbranched alkanes of at least 4 members (excludes halogenated alkanes) is 13. The van der Waals surface area contributed by atoms with Crippen LogP contribution in [0.15, 0.2) is 122 Å². The second kappa shape index (κ2) is 51.4. The predicted molar refractivity (Wildman–Crippen MR) is 274 cm³/mol. The first-order chi connectivity index (χ1) is 31.5. The molecule has 0 aromatic carbocycles. The van der Waals surface area contributed by atoms with Gasteiger partial charge in [0.05, 0.1) is 0 Å². The van der Waals surface area contributed by atoms with Crippen molar-refractivity contribution in [1.29, 1.82) is 0 Å². The summed E-state index contributed by atoms with van der Waals surface area (Å²) >= 11 is 0. The number of carbonyl (C=O) groups excluding carboxylic acids is 3. The average Bonchev–Trinajstić information content (AvgIpc) is 3.29. The Bertz CT molecular complexity index is 1390. The average molecular weight is 885 g/mol. The molecule has 0 saturated heterocycles. The zero-order valence-corrected chi connectivity index (χ0v) is 41.0. The smallest absolute Gasteiger partial charge is 0.306 e. The van der Waals surface area contributed by atoms with E-state index < -0.39 is 6.10 Å². The summed E-state index contributed by atoms with van der Waals surface area (Å²) in [5.41, 5.74) is 0. The fourth-order valence-corrected chi connectivity index (χ4v) is 6.40. The third-order valence-electron chi connectivity index (χ3n) is 10.2. The minimum Gasteiger partial charge on any atom is -0.462 e. The standard InChI is InChI=1S/C58H92O6/c1-4-7-10-13-16-19-22-25-28-29-31-33-36-39-42-45-48-51-57(60)63-54-55(53-62-56(59)50-47-44-41-38-35-32-27-24-21-18-15-12-9-6-3)64-58(61)52-49-46-43-40-37-34-30-26-23-20-17-14-11-8-5-2/h7-8,10-11,16-17,19-20,24-28,30-31,33,37,39-40,42,55H,4-6,9,12-15,18,21-23,29,32,34-36,38,41,43-54H2,1-3H3/b10-7-,11-8-,19-16-,20-17-,27-24-,28-25-,30-26-,33-31-,40-37-,42-39-. The van der Waals surface area contributed by atoms with Gasteiger partial charge >= 0.3 is 17.9 Å². The van der Waals surface area contributed by atoms with Gasteiger partial charge in [0, 0.05) is 19.3 Å². The molecule has 1 unspecified atom stereocenters. The van der Waals surface area contributed by atoms with E-state index in [2.05, 4.69) is 142 Å². The number of hydrogen-bond acceptors (Lipinski definition) is 6. The normalized spacial score (nSPS) is 13.1. The first kappa shape index (κ1) is 59.8. The molecule has 6 heteroatoms. The van der Waals surface area contributed by atoms with E-state index in [4.69, 9.17) is 14.2 Å². The van der Waals surface area contributed by atoms with Gasteiger partial charge in [0.25, 0.3) is 0 Å². The molecule has 0 heterocycles. The summed E-state index contributed by atoms with van der Waals surface area (Å²) in [6.45, 7) is 6.29. The summed E-state index contributed by atoms with van der Waals surface area (Å²) in [4.78, 5) is 37.9.